The highest BCUT2D eigenvalue weighted by Crippen LogP contribution is 2.40. The lowest BCUT2D eigenvalue weighted by Crippen LogP contribution is -2.35. The van der Waals surface area contributed by atoms with Crippen molar-refractivity contribution in [3.63, 3.8) is 0 Å². The second kappa shape index (κ2) is 4.25. The summed E-state index contributed by atoms with van der Waals surface area (Å²) in [6.07, 6.45) is 5.22. The van der Waals surface area contributed by atoms with E-state index >= 15 is 0 Å². The van der Waals surface area contributed by atoms with Gasteiger partial charge in [0.15, 0.2) is 0 Å². The predicted molar refractivity (Wildman–Crippen MR) is 72.4 cm³/mol. The minimum atomic E-state index is 0.0882. The molecule has 1 unspecified atom stereocenters. The highest BCUT2D eigenvalue weighted by atomic mass is 15.2. The summed E-state index contributed by atoms with van der Waals surface area (Å²) in [6, 6.07) is 10.8. The first-order chi connectivity index (χ1) is 8.73. The van der Waals surface area contributed by atoms with Crippen LogP contribution >= 0.6 is 0 Å². The number of nitrogens with zero attached hydrogens (tertiary/aromatic N) is 2. The van der Waals surface area contributed by atoms with Gasteiger partial charge in [-0.25, -0.2) is 0 Å². The van der Waals surface area contributed by atoms with Gasteiger partial charge >= 0.3 is 0 Å². The van der Waals surface area contributed by atoms with E-state index in [1.807, 2.05) is 17.9 Å². The van der Waals surface area contributed by atoms with Crippen LogP contribution in [0.1, 0.15) is 23.2 Å². The maximum Gasteiger partial charge on any atom is 0.0633 e. The number of rotatable bonds is 3. The van der Waals surface area contributed by atoms with Crippen LogP contribution in [-0.2, 0) is 25.3 Å². The van der Waals surface area contributed by atoms with E-state index in [-0.39, 0.29) is 5.41 Å². The lowest BCUT2D eigenvalue weighted by molar-refractivity contribution is 0.425. The average molecular weight is 241 g/mol. The Morgan fingerprint density at radius 1 is 1.33 bits per heavy atom. The third kappa shape index (κ3) is 1.75. The lowest BCUT2D eigenvalue weighted by atomic mass is 9.78. The molecule has 3 rings (SSSR count). The van der Waals surface area contributed by atoms with E-state index in [9.17, 15) is 0 Å². The van der Waals surface area contributed by atoms with Crippen molar-refractivity contribution in [3.8, 4) is 0 Å². The summed E-state index contributed by atoms with van der Waals surface area (Å²) in [5.41, 5.74) is 10.2. The van der Waals surface area contributed by atoms with Crippen LogP contribution in [0.4, 0.5) is 0 Å². The quantitative estimate of drug-likeness (QED) is 0.890. The Bertz CT molecular complexity index is 558. The molecule has 2 N–H and O–H groups in total. The van der Waals surface area contributed by atoms with Crippen LogP contribution in [0.25, 0.3) is 0 Å². The smallest absolute Gasteiger partial charge is 0.0633 e. The second-order valence-electron chi connectivity index (χ2n) is 5.30. The van der Waals surface area contributed by atoms with Crippen LogP contribution in [0.2, 0.25) is 0 Å². The first kappa shape index (κ1) is 11.5. The minimum Gasteiger partial charge on any atom is -0.330 e. The molecule has 1 aromatic carbocycles. The molecule has 3 heteroatoms. The fourth-order valence-corrected chi connectivity index (χ4v) is 3.14. The van der Waals surface area contributed by atoms with Crippen LogP contribution in [0.3, 0.4) is 0 Å². The van der Waals surface area contributed by atoms with Crippen LogP contribution in [-0.4, -0.2) is 16.3 Å². The molecule has 0 spiro atoms. The van der Waals surface area contributed by atoms with Crippen molar-refractivity contribution in [2.45, 2.75) is 24.7 Å². The largest absolute Gasteiger partial charge is 0.330 e. The highest BCUT2D eigenvalue weighted by molar-refractivity contribution is 5.40. The van der Waals surface area contributed by atoms with Gasteiger partial charge in [0.1, 0.15) is 0 Å². The van der Waals surface area contributed by atoms with Crippen molar-refractivity contribution in [1.82, 2.24) is 9.78 Å². The molecule has 0 aliphatic heterocycles. The van der Waals surface area contributed by atoms with Crippen molar-refractivity contribution in [1.29, 1.82) is 0 Å². The minimum absolute atomic E-state index is 0.0882. The molecule has 1 aliphatic rings. The first-order valence-corrected chi connectivity index (χ1v) is 6.50. The zero-order valence-electron chi connectivity index (χ0n) is 10.8. The molecule has 2 aromatic rings. The van der Waals surface area contributed by atoms with Crippen molar-refractivity contribution in [3.05, 3.63) is 53.3 Å². The van der Waals surface area contributed by atoms with E-state index in [0.717, 1.165) is 25.0 Å². The van der Waals surface area contributed by atoms with Crippen LogP contribution in [0, 0.1) is 0 Å². The van der Waals surface area contributed by atoms with Crippen LogP contribution in [0.5, 0.6) is 0 Å². The third-order valence-electron chi connectivity index (χ3n) is 4.14. The average Bonchev–Trinajstić information content (AvgIpc) is 2.96. The zero-order chi connectivity index (χ0) is 12.6. The maximum absolute atomic E-state index is 6.10. The van der Waals surface area contributed by atoms with Crippen molar-refractivity contribution < 1.29 is 0 Å². The van der Waals surface area contributed by atoms with Crippen LogP contribution in [0.15, 0.2) is 36.5 Å². The molecule has 0 radical (unpaired) electrons. The van der Waals surface area contributed by atoms with Gasteiger partial charge in [0, 0.05) is 31.6 Å². The van der Waals surface area contributed by atoms with E-state index in [0.29, 0.717) is 6.54 Å². The molecule has 0 saturated heterocycles. The maximum atomic E-state index is 6.10. The Kier molecular flexibility index (Phi) is 2.71. The van der Waals surface area contributed by atoms with Crippen molar-refractivity contribution in [2.24, 2.45) is 12.8 Å². The summed E-state index contributed by atoms with van der Waals surface area (Å²) in [4.78, 5) is 0. The number of benzene rings is 1. The standard InChI is InChI=1S/C15H19N3/c1-18-9-7-13(17-18)10-15(11-16)8-6-12-4-2-3-5-14(12)15/h2-5,7,9H,6,8,10-11,16H2,1H3. The van der Waals surface area contributed by atoms with Crippen LogP contribution < -0.4 is 5.73 Å². The molecule has 1 aliphatic carbocycles. The summed E-state index contributed by atoms with van der Waals surface area (Å²) in [5, 5.41) is 4.50. The Morgan fingerprint density at radius 3 is 2.89 bits per heavy atom. The highest BCUT2D eigenvalue weighted by Gasteiger charge is 2.37. The molecule has 1 heterocycles. The molecular weight excluding hydrogens is 222 g/mol. The van der Waals surface area contributed by atoms with E-state index in [1.165, 1.54) is 11.1 Å². The number of hydrogen-bond donors (Lipinski definition) is 1. The van der Waals surface area contributed by atoms with Gasteiger partial charge in [0.25, 0.3) is 0 Å². The summed E-state index contributed by atoms with van der Waals surface area (Å²) in [5.74, 6) is 0. The van der Waals surface area contributed by atoms with Gasteiger partial charge < -0.3 is 5.73 Å². The predicted octanol–water partition coefficient (Wildman–Crippen LogP) is 1.81. The number of nitrogens with two attached hydrogens (primary N) is 1. The molecule has 0 fully saturated rings. The summed E-state index contributed by atoms with van der Waals surface area (Å²) in [7, 11) is 1.96. The van der Waals surface area contributed by atoms with E-state index in [1.54, 1.807) is 0 Å². The Hall–Kier alpha value is -1.61. The van der Waals surface area contributed by atoms with Gasteiger partial charge in [-0.15, -0.1) is 0 Å². The summed E-state index contributed by atoms with van der Waals surface area (Å²) >= 11 is 0. The molecule has 1 aromatic heterocycles. The van der Waals surface area contributed by atoms with Gasteiger partial charge in [-0.2, -0.15) is 5.10 Å². The van der Waals surface area contributed by atoms with E-state index in [4.69, 9.17) is 5.73 Å². The summed E-state index contributed by atoms with van der Waals surface area (Å²) in [6.45, 7) is 0.695. The number of aromatic nitrogens is 2. The number of aryl methyl sites for hydroxylation is 2. The fraction of sp³-hybridized carbons (Fsp3) is 0.400. The second-order valence-corrected chi connectivity index (χ2v) is 5.30. The number of hydrogen-bond acceptors (Lipinski definition) is 2. The summed E-state index contributed by atoms with van der Waals surface area (Å²) < 4.78 is 1.86. The van der Waals surface area contributed by atoms with Gasteiger partial charge in [-0.05, 0) is 30.0 Å². The zero-order valence-corrected chi connectivity index (χ0v) is 10.8. The molecule has 0 bridgehead atoms. The van der Waals surface area contributed by atoms with Crippen molar-refractivity contribution in [2.75, 3.05) is 6.54 Å². The van der Waals surface area contributed by atoms with Gasteiger partial charge in [-0.1, -0.05) is 24.3 Å². The lowest BCUT2D eigenvalue weighted by Gasteiger charge is -2.28. The fourth-order valence-electron chi connectivity index (χ4n) is 3.14. The SMILES string of the molecule is Cn1ccc(CC2(CN)CCc3ccccc32)n1. The van der Waals surface area contributed by atoms with E-state index < -0.39 is 0 Å². The van der Waals surface area contributed by atoms with Gasteiger partial charge in [0.2, 0.25) is 0 Å². The number of fused-ring (bicyclic) bond motifs is 1. The monoisotopic (exact) mass is 241 g/mol. The van der Waals surface area contributed by atoms with Crippen molar-refractivity contribution >= 4 is 0 Å². The Labute approximate surface area is 108 Å². The molecule has 3 nitrogen and oxygen atoms in total. The third-order valence-corrected chi connectivity index (χ3v) is 4.14. The molecule has 18 heavy (non-hydrogen) atoms. The van der Waals surface area contributed by atoms with E-state index in [2.05, 4.69) is 35.4 Å². The van der Waals surface area contributed by atoms with Gasteiger partial charge in [0.05, 0.1) is 5.69 Å². The molecule has 94 valence electrons. The Balaban J connectivity index is 1.97. The molecule has 0 saturated carbocycles. The normalized spacial score (nSPS) is 22.1. The molecular formula is C15H19N3. The van der Waals surface area contributed by atoms with Gasteiger partial charge in [-0.3, -0.25) is 4.68 Å². The topological polar surface area (TPSA) is 43.8 Å². The first-order valence-electron chi connectivity index (χ1n) is 6.50. The Morgan fingerprint density at radius 2 is 2.17 bits per heavy atom. The molecule has 1 atom stereocenters. The molecule has 0 amide bonds.